The van der Waals surface area contributed by atoms with Crippen molar-refractivity contribution in [1.29, 1.82) is 0 Å². The Bertz CT molecular complexity index is 879. The lowest BCUT2D eigenvalue weighted by atomic mass is 10.3. The fourth-order valence-electron chi connectivity index (χ4n) is 3.02. The summed E-state index contributed by atoms with van der Waals surface area (Å²) in [6.07, 6.45) is 5.18. The van der Waals surface area contributed by atoms with E-state index < -0.39 is 0 Å². The number of hydrogen-bond acceptors (Lipinski definition) is 7. The van der Waals surface area contributed by atoms with E-state index in [4.69, 9.17) is 4.74 Å². The maximum atomic E-state index is 12.4. The van der Waals surface area contributed by atoms with E-state index in [-0.39, 0.29) is 5.91 Å². The number of carbonyl (C=O) groups is 1. The van der Waals surface area contributed by atoms with E-state index in [2.05, 4.69) is 25.1 Å². The van der Waals surface area contributed by atoms with E-state index in [0.717, 1.165) is 37.0 Å². The molecule has 28 heavy (non-hydrogen) atoms. The molecule has 144 valence electrons. The summed E-state index contributed by atoms with van der Waals surface area (Å²) >= 11 is 1.65. The average molecular weight is 395 g/mol. The second-order valence-corrected chi connectivity index (χ2v) is 7.31. The van der Waals surface area contributed by atoms with E-state index >= 15 is 0 Å². The van der Waals surface area contributed by atoms with Crippen molar-refractivity contribution in [3.05, 3.63) is 60.4 Å². The number of ether oxygens (including phenoxy) is 1. The first-order valence-electron chi connectivity index (χ1n) is 9.11. The quantitative estimate of drug-likeness (QED) is 0.692. The molecule has 4 rings (SSSR count). The van der Waals surface area contributed by atoms with Crippen LogP contribution in [0.5, 0.6) is 11.5 Å². The van der Waals surface area contributed by atoms with Crippen LogP contribution in [-0.4, -0.2) is 53.5 Å². The van der Waals surface area contributed by atoms with Crippen LogP contribution in [0.15, 0.2) is 60.4 Å². The van der Waals surface area contributed by atoms with Gasteiger partial charge in [-0.15, -0.1) is 11.3 Å². The van der Waals surface area contributed by atoms with E-state index in [1.54, 1.807) is 23.7 Å². The second-order valence-electron chi connectivity index (χ2n) is 6.44. The van der Waals surface area contributed by atoms with Crippen LogP contribution in [0.2, 0.25) is 0 Å². The molecule has 1 N–H and O–H groups in total. The molecule has 3 heterocycles. The van der Waals surface area contributed by atoms with Gasteiger partial charge in [0.2, 0.25) is 5.91 Å². The van der Waals surface area contributed by atoms with Gasteiger partial charge >= 0.3 is 0 Å². The Balaban J connectivity index is 1.24. The number of nitrogens with zero attached hydrogens (tertiary/aromatic N) is 4. The molecule has 0 unspecified atom stereocenters. The molecule has 0 radical (unpaired) electrons. The fourth-order valence-corrected chi connectivity index (χ4v) is 3.72. The SMILES string of the molecule is O=C(CN1CCN(c2nccs2)CC1)Nc1ccc(Oc2cccnc2)cc1. The van der Waals surface area contributed by atoms with Gasteiger partial charge < -0.3 is 15.0 Å². The zero-order chi connectivity index (χ0) is 19.2. The van der Waals surface area contributed by atoms with E-state index in [1.165, 1.54) is 0 Å². The Morgan fingerprint density at radius 3 is 2.57 bits per heavy atom. The number of benzene rings is 1. The molecule has 1 aliphatic heterocycles. The molecular weight excluding hydrogens is 374 g/mol. The third kappa shape index (κ3) is 4.85. The zero-order valence-corrected chi connectivity index (χ0v) is 16.1. The Labute approximate surface area is 167 Å². The third-order valence-electron chi connectivity index (χ3n) is 4.44. The largest absolute Gasteiger partial charge is 0.456 e. The maximum absolute atomic E-state index is 12.4. The fraction of sp³-hybridized carbons (Fsp3) is 0.250. The van der Waals surface area contributed by atoms with Gasteiger partial charge in [-0.3, -0.25) is 14.7 Å². The van der Waals surface area contributed by atoms with Crippen molar-refractivity contribution in [1.82, 2.24) is 14.9 Å². The average Bonchev–Trinajstić information content (AvgIpc) is 3.26. The van der Waals surface area contributed by atoms with E-state index in [0.29, 0.717) is 18.0 Å². The van der Waals surface area contributed by atoms with Crippen LogP contribution in [0, 0.1) is 0 Å². The summed E-state index contributed by atoms with van der Waals surface area (Å²) < 4.78 is 5.71. The molecule has 7 nitrogen and oxygen atoms in total. The first-order valence-corrected chi connectivity index (χ1v) is 9.99. The van der Waals surface area contributed by atoms with Crippen molar-refractivity contribution in [3.8, 4) is 11.5 Å². The van der Waals surface area contributed by atoms with Crippen molar-refractivity contribution in [2.45, 2.75) is 0 Å². The smallest absolute Gasteiger partial charge is 0.238 e. The normalized spacial score (nSPS) is 14.6. The van der Waals surface area contributed by atoms with Gasteiger partial charge in [0.1, 0.15) is 11.5 Å². The maximum Gasteiger partial charge on any atom is 0.238 e. The molecule has 3 aromatic rings. The van der Waals surface area contributed by atoms with Crippen LogP contribution in [0.1, 0.15) is 0 Å². The lowest BCUT2D eigenvalue weighted by Crippen LogP contribution is -2.48. The summed E-state index contributed by atoms with van der Waals surface area (Å²) in [4.78, 5) is 25.1. The molecule has 8 heteroatoms. The number of amides is 1. The van der Waals surface area contributed by atoms with Gasteiger partial charge in [0, 0.05) is 49.6 Å². The van der Waals surface area contributed by atoms with Crippen LogP contribution >= 0.6 is 11.3 Å². The highest BCUT2D eigenvalue weighted by atomic mass is 32.1. The summed E-state index contributed by atoms with van der Waals surface area (Å²) in [7, 11) is 0. The van der Waals surface area contributed by atoms with Crippen molar-refractivity contribution in [2.75, 3.05) is 42.9 Å². The van der Waals surface area contributed by atoms with Gasteiger partial charge in [-0.25, -0.2) is 4.98 Å². The number of nitrogens with one attached hydrogen (secondary N) is 1. The van der Waals surface area contributed by atoms with Crippen LogP contribution in [0.3, 0.4) is 0 Å². The van der Waals surface area contributed by atoms with E-state index in [9.17, 15) is 4.79 Å². The van der Waals surface area contributed by atoms with Gasteiger partial charge in [-0.05, 0) is 36.4 Å². The van der Waals surface area contributed by atoms with Gasteiger partial charge in [-0.1, -0.05) is 0 Å². The number of aromatic nitrogens is 2. The Kier molecular flexibility index (Phi) is 5.79. The molecule has 0 spiro atoms. The van der Waals surface area contributed by atoms with E-state index in [1.807, 2.05) is 48.0 Å². The monoisotopic (exact) mass is 395 g/mol. The Hall–Kier alpha value is -2.97. The third-order valence-corrected chi connectivity index (χ3v) is 5.27. The lowest BCUT2D eigenvalue weighted by molar-refractivity contribution is -0.117. The number of pyridine rings is 1. The minimum absolute atomic E-state index is 0.0105. The van der Waals surface area contributed by atoms with Gasteiger partial charge in [-0.2, -0.15) is 0 Å². The highest BCUT2D eigenvalue weighted by molar-refractivity contribution is 7.13. The van der Waals surface area contributed by atoms with Crippen LogP contribution in [0.25, 0.3) is 0 Å². The molecule has 0 aliphatic carbocycles. The first kappa shape index (κ1) is 18.4. The highest BCUT2D eigenvalue weighted by Gasteiger charge is 2.20. The first-order chi connectivity index (χ1) is 13.8. The summed E-state index contributed by atoms with van der Waals surface area (Å²) in [5.41, 5.74) is 0.755. The van der Waals surface area contributed by atoms with Crippen LogP contribution < -0.4 is 15.0 Å². The van der Waals surface area contributed by atoms with Crippen molar-refractivity contribution in [3.63, 3.8) is 0 Å². The number of carbonyl (C=O) groups excluding carboxylic acids is 1. The lowest BCUT2D eigenvalue weighted by Gasteiger charge is -2.34. The summed E-state index contributed by atoms with van der Waals surface area (Å²) in [6, 6.07) is 11.0. The molecule has 0 atom stereocenters. The summed E-state index contributed by atoms with van der Waals surface area (Å²) in [5, 5.41) is 5.99. The summed E-state index contributed by atoms with van der Waals surface area (Å²) in [5.74, 6) is 1.36. The number of thiazole rings is 1. The molecule has 1 aromatic carbocycles. The predicted molar refractivity (Wildman–Crippen MR) is 110 cm³/mol. The predicted octanol–water partition coefficient (Wildman–Crippen LogP) is 3.09. The highest BCUT2D eigenvalue weighted by Crippen LogP contribution is 2.22. The number of piperazine rings is 1. The topological polar surface area (TPSA) is 70.6 Å². The second kappa shape index (κ2) is 8.81. The molecule has 2 aromatic heterocycles. The molecular formula is C20H21N5O2S. The minimum atomic E-state index is -0.0105. The Morgan fingerprint density at radius 2 is 1.89 bits per heavy atom. The molecule has 1 aliphatic rings. The molecule has 0 bridgehead atoms. The standard InChI is InChI=1S/C20H21N5O2S/c26-19(15-24-9-11-25(12-10-24)20-22-8-13-28-20)23-16-3-5-17(6-4-16)27-18-2-1-7-21-14-18/h1-8,13-14H,9-12,15H2,(H,23,26). The van der Waals surface area contributed by atoms with Crippen molar-refractivity contribution < 1.29 is 9.53 Å². The number of anilines is 2. The van der Waals surface area contributed by atoms with Gasteiger partial charge in [0.15, 0.2) is 5.13 Å². The molecule has 1 saturated heterocycles. The summed E-state index contributed by atoms with van der Waals surface area (Å²) in [6.45, 7) is 3.87. The molecule has 0 saturated carbocycles. The van der Waals surface area contributed by atoms with Gasteiger partial charge in [0.05, 0.1) is 12.7 Å². The zero-order valence-electron chi connectivity index (χ0n) is 15.3. The van der Waals surface area contributed by atoms with Gasteiger partial charge in [0.25, 0.3) is 0 Å². The van der Waals surface area contributed by atoms with Crippen LogP contribution in [0.4, 0.5) is 10.8 Å². The van der Waals surface area contributed by atoms with Crippen molar-refractivity contribution >= 4 is 28.1 Å². The number of hydrogen-bond donors (Lipinski definition) is 1. The molecule has 1 amide bonds. The minimum Gasteiger partial charge on any atom is -0.456 e. The molecule has 1 fully saturated rings. The number of rotatable bonds is 6. The Morgan fingerprint density at radius 1 is 1.07 bits per heavy atom. The van der Waals surface area contributed by atoms with Crippen molar-refractivity contribution in [2.24, 2.45) is 0 Å². The van der Waals surface area contributed by atoms with Crippen LogP contribution in [-0.2, 0) is 4.79 Å².